The van der Waals surface area contributed by atoms with Gasteiger partial charge in [0.25, 0.3) is 5.91 Å². The third-order valence-electron chi connectivity index (χ3n) is 3.39. The number of para-hydroxylation sites is 1. The molecule has 0 aliphatic carbocycles. The van der Waals surface area contributed by atoms with E-state index in [1.54, 1.807) is 14.0 Å². The molecular formula is C17H22N4O3. The van der Waals surface area contributed by atoms with Crippen LogP contribution in [0.15, 0.2) is 24.3 Å². The third-order valence-corrected chi connectivity index (χ3v) is 3.39. The van der Waals surface area contributed by atoms with Gasteiger partial charge >= 0.3 is 0 Å². The predicted octanol–water partition coefficient (Wildman–Crippen LogP) is 1.81. The fourth-order valence-corrected chi connectivity index (χ4v) is 2.33. The molecule has 24 heavy (non-hydrogen) atoms. The molecule has 0 aliphatic heterocycles. The lowest BCUT2D eigenvalue weighted by atomic mass is 10.0. The first-order valence-corrected chi connectivity index (χ1v) is 7.74. The Morgan fingerprint density at radius 1 is 1.25 bits per heavy atom. The molecule has 1 aromatic heterocycles. The van der Waals surface area contributed by atoms with E-state index in [1.807, 2.05) is 31.2 Å². The van der Waals surface area contributed by atoms with Crippen molar-refractivity contribution in [1.29, 1.82) is 0 Å². The van der Waals surface area contributed by atoms with Gasteiger partial charge in [0.1, 0.15) is 12.4 Å². The maximum absolute atomic E-state index is 12.3. The van der Waals surface area contributed by atoms with Crippen LogP contribution in [0.4, 0.5) is 5.95 Å². The maximum atomic E-state index is 12.3. The van der Waals surface area contributed by atoms with Crippen molar-refractivity contribution in [2.45, 2.75) is 13.8 Å². The van der Waals surface area contributed by atoms with Crippen molar-refractivity contribution in [3.8, 4) is 17.0 Å². The summed E-state index contributed by atoms with van der Waals surface area (Å²) >= 11 is 0. The lowest BCUT2D eigenvalue weighted by molar-refractivity contribution is 0.0962. The number of nitrogens with one attached hydrogen (secondary N) is 1. The number of carbonyl (C=O) groups excluding carboxylic acids is 1. The van der Waals surface area contributed by atoms with E-state index in [0.717, 1.165) is 0 Å². The lowest BCUT2D eigenvalue weighted by Crippen LogP contribution is -2.22. The molecule has 128 valence electrons. The Bertz CT molecular complexity index is 719. The maximum Gasteiger partial charge on any atom is 0.255 e. The molecule has 1 heterocycles. The molecule has 0 fully saturated rings. The van der Waals surface area contributed by atoms with Crippen LogP contribution in [0.2, 0.25) is 0 Å². The third kappa shape index (κ3) is 3.99. The molecule has 0 radical (unpaired) electrons. The van der Waals surface area contributed by atoms with E-state index in [0.29, 0.717) is 48.1 Å². The monoisotopic (exact) mass is 330 g/mol. The summed E-state index contributed by atoms with van der Waals surface area (Å²) in [5.74, 6) is 0.450. The Balaban J connectivity index is 2.46. The summed E-state index contributed by atoms with van der Waals surface area (Å²) in [4.78, 5) is 20.6. The Kier molecular flexibility index (Phi) is 6.08. The SMILES string of the molecule is CCOCCOc1ccccc1-c1nc(N)nc(C)c1C(=O)NC. The first-order chi connectivity index (χ1) is 11.6. The number of nitrogen functional groups attached to an aromatic ring is 1. The number of hydrogen-bond acceptors (Lipinski definition) is 6. The number of nitrogens with two attached hydrogens (primary N) is 1. The Morgan fingerprint density at radius 2 is 2.00 bits per heavy atom. The van der Waals surface area contributed by atoms with Crippen molar-refractivity contribution in [2.75, 3.05) is 32.6 Å². The molecule has 1 aromatic carbocycles. The van der Waals surface area contributed by atoms with Gasteiger partial charge in [0, 0.05) is 19.2 Å². The van der Waals surface area contributed by atoms with Crippen LogP contribution in [0.1, 0.15) is 23.0 Å². The molecule has 0 spiro atoms. The molecule has 0 aliphatic rings. The number of anilines is 1. The fourth-order valence-electron chi connectivity index (χ4n) is 2.33. The number of aryl methyl sites for hydroxylation is 1. The standard InChI is InChI=1S/C17H22N4O3/c1-4-23-9-10-24-13-8-6-5-7-12(13)15-14(16(22)19-3)11(2)20-17(18)21-15/h5-8H,4,9-10H2,1-3H3,(H,19,22)(H2,18,20,21). The highest BCUT2D eigenvalue weighted by atomic mass is 16.5. The summed E-state index contributed by atoms with van der Waals surface area (Å²) in [6.07, 6.45) is 0. The number of rotatable bonds is 7. The van der Waals surface area contributed by atoms with Gasteiger partial charge in [-0.3, -0.25) is 4.79 Å². The van der Waals surface area contributed by atoms with E-state index in [9.17, 15) is 4.79 Å². The molecule has 7 nitrogen and oxygen atoms in total. The largest absolute Gasteiger partial charge is 0.490 e. The summed E-state index contributed by atoms with van der Waals surface area (Å²) in [5, 5.41) is 2.61. The second-order valence-corrected chi connectivity index (χ2v) is 5.01. The van der Waals surface area contributed by atoms with Crippen LogP contribution in [0.25, 0.3) is 11.3 Å². The van der Waals surface area contributed by atoms with Crippen molar-refractivity contribution in [3.63, 3.8) is 0 Å². The number of benzene rings is 1. The number of nitrogens with zero attached hydrogens (tertiary/aromatic N) is 2. The zero-order chi connectivity index (χ0) is 17.5. The summed E-state index contributed by atoms with van der Waals surface area (Å²) in [6, 6.07) is 7.37. The fraction of sp³-hybridized carbons (Fsp3) is 0.353. The van der Waals surface area contributed by atoms with Crippen LogP contribution >= 0.6 is 0 Å². The molecule has 0 bridgehead atoms. The van der Waals surface area contributed by atoms with Gasteiger partial charge in [-0.05, 0) is 26.0 Å². The highest BCUT2D eigenvalue weighted by Gasteiger charge is 2.20. The van der Waals surface area contributed by atoms with Crippen LogP contribution in [0, 0.1) is 6.92 Å². The number of aromatic nitrogens is 2. The van der Waals surface area contributed by atoms with E-state index in [4.69, 9.17) is 15.2 Å². The second kappa shape index (κ2) is 8.26. The van der Waals surface area contributed by atoms with E-state index in [2.05, 4.69) is 15.3 Å². The molecule has 2 rings (SSSR count). The van der Waals surface area contributed by atoms with Crippen molar-refractivity contribution < 1.29 is 14.3 Å². The van der Waals surface area contributed by atoms with E-state index < -0.39 is 0 Å². The Morgan fingerprint density at radius 3 is 2.71 bits per heavy atom. The van der Waals surface area contributed by atoms with Gasteiger partial charge in [-0.15, -0.1) is 0 Å². The molecule has 7 heteroatoms. The van der Waals surface area contributed by atoms with Crippen LogP contribution < -0.4 is 15.8 Å². The van der Waals surface area contributed by atoms with Crippen molar-refractivity contribution in [1.82, 2.24) is 15.3 Å². The molecule has 1 amide bonds. The molecule has 3 N–H and O–H groups in total. The molecule has 0 unspecified atom stereocenters. The number of amides is 1. The van der Waals surface area contributed by atoms with Gasteiger partial charge in [-0.1, -0.05) is 12.1 Å². The zero-order valence-electron chi connectivity index (χ0n) is 14.1. The molecule has 0 saturated carbocycles. The summed E-state index contributed by atoms with van der Waals surface area (Å²) in [7, 11) is 1.56. The highest BCUT2D eigenvalue weighted by molar-refractivity contribution is 6.01. The molecular weight excluding hydrogens is 308 g/mol. The zero-order valence-corrected chi connectivity index (χ0v) is 14.1. The van der Waals surface area contributed by atoms with Gasteiger partial charge in [0.05, 0.1) is 23.6 Å². The minimum Gasteiger partial charge on any atom is -0.490 e. The minimum absolute atomic E-state index is 0.110. The average molecular weight is 330 g/mol. The van der Waals surface area contributed by atoms with E-state index in [-0.39, 0.29) is 11.9 Å². The Hall–Kier alpha value is -2.67. The topological polar surface area (TPSA) is 99.4 Å². The Labute approximate surface area is 141 Å². The molecule has 0 atom stereocenters. The first kappa shape index (κ1) is 17.7. The summed E-state index contributed by atoms with van der Waals surface area (Å²) < 4.78 is 11.1. The van der Waals surface area contributed by atoms with Gasteiger partial charge in [-0.25, -0.2) is 9.97 Å². The van der Waals surface area contributed by atoms with Crippen LogP contribution in [0.3, 0.4) is 0 Å². The quantitative estimate of drug-likeness (QED) is 0.751. The van der Waals surface area contributed by atoms with E-state index >= 15 is 0 Å². The minimum atomic E-state index is -0.272. The van der Waals surface area contributed by atoms with Gasteiger partial charge in [0.2, 0.25) is 5.95 Å². The van der Waals surface area contributed by atoms with Gasteiger partial charge in [0.15, 0.2) is 0 Å². The lowest BCUT2D eigenvalue weighted by Gasteiger charge is -2.15. The van der Waals surface area contributed by atoms with Crippen LogP contribution in [0.5, 0.6) is 5.75 Å². The summed E-state index contributed by atoms with van der Waals surface area (Å²) in [5.41, 5.74) is 7.81. The number of carbonyl (C=O) groups is 1. The molecule has 2 aromatic rings. The predicted molar refractivity (Wildman–Crippen MR) is 92.0 cm³/mol. The van der Waals surface area contributed by atoms with Crippen molar-refractivity contribution in [2.24, 2.45) is 0 Å². The van der Waals surface area contributed by atoms with Crippen LogP contribution in [-0.4, -0.2) is 42.7 Å². The van der Waals surface area contributed by atoms with Crippen molar-refractivity contribution >= 4 is 11.9 Å². The van der Waals surface area contributed by atoms with Gasteiger partial charge in [-0.2, -0.15) is 0 Å². The second-order valence-electron chi connectivity index (χ2n) is 5.01. The van der Waals surface area contributed by atoms with Crippen molar-refractivity contribution in [3.05, 3.63) is 35.5 Å². The summed E-state index contributed by atoms with van der Waals surface area (Å²) in [6.45, 7) is 5.17. The highest BCUT2D eigenvalue weighted by Crippen LogP contribution is 2.32. The smallest absolute Gasteiger partial charge is 0.255 e. The number of hydrogen-bond donors (Lipinski definition) is 2. The normalized spacial score (nSPS) is 10.5. The average Bonchev–Trinajstić information content (AvgIpc) is 2.58. The van der Waals surface area contributed by atoms with Gasteiger partial charge < -0.3 is 20.5 Å². The molecule has 0 saturated heterocycles. The first-order valence-electron chi connectivity index (χ1n) is 7.74. The number of ether oxygens (including phenoxy) is 2. The van der Waals surface area contributed by atoms with Crippen LogP contribution in [-0.2, 0) is 4.74 Å². The van der Waals surface area contributed by atoms with E-state index in [1.165, 1.54) is 0 Å².